The van der Waals surface area contributed by atoms with Gasteiger partial charge in [-0.15, -0.1) is 4.68 Å². The molecule has 1 unspecified atom stereocenters. The summed E-state index contributed by atoms with van der Waals surface area (Å²) >= 11 is 1.90. The van der Waals surface area contributed by atoms with Gasteiger partial charge in [-0.05, 0) is 105 Å². The van der Waals surface area contributed by atoms with E-state index in [1.165, 1.54) is 103 Å². The Balaban J connectivity index is 0.985. The van der Waals surface area contributed by atoms with Gasteiger partial charge >= 0.3 is 0 Å². The molecule has 2 aliphatic rings. The molecule has 9 aromatic carbocycles. The Morgan fingerprint density at radius 1 is 0.446 bits per heavy atom. The highest BCUT2D eigenvalue weighted by atomic mass is 32.2. The summed E-state index contributed by atoms with van der Waals surface area (Å²) < 4.78 is 7.46. The van der Waals surface area contributed by atoms with Crippen molar-refractivity contribution < 1.29 is 4.68 Å². The molecule has 0 saturated heterocycles. The fourth-order valence-corrected chi connectivity index (χ4v) is 11.0. The number of hydrogen-bond donors (Lipinski definition) is 0. The number of para-hydroxylation sites is 2. The van der Waals surface area contributed by atoms with Crippen molar-refractivity contribution in [3.8, 4) is 33.8 Å². The van der Waals surface area contributed by atoms with Crippen molar-refractivity contribution in [1.29, 1.82) is 0 Å². The van der Waals surface area contributed by atoms with Gasteiger partial charge in [-0.2, -0.15) is 0 Å². The molecule has 0 aliphatic carbocycles. The Morgan fingerprint density at radius 3 is 1.82 bits per heavy atom. The fourth-order valence-electron chi connectivity index (χ4n) is 9.86. The highest BCUT2D eigenvalue weighted by Gasteiger charge is 2.48. The Bertz CT molecular complexity index is 3350. The number of rotatable bonds is 3. The van der Waals surface area contributed by atoms with Crippen LogP contribution < -0.4 is 4.68 Å². The standard InChI is InChI=1S/C52H32N3S/c1-2-13-37(14-3-1)54-43-19-9-8-17-40(43)51-41-18-10-20-47-50(41)52(55(51)54)42-31-35(25-30-46(42)56-47)32-21-26-36(27-22-32)53-44-28-23-33-11-4-6-15-38(33)48(44)49-39-16-7-5-12-34(39)24-29-45(49)53/h1-31,52H/q+1. The van der Waals surface area contributed by atoms with Crippen molar-refractivity contribution in [2.45, 2.75) is 15.8 Å². The molecule has 13 rings (SSSR count). The highest BCUT2D eigenvalue weighted by Crippen LogP contribution is 2.53. The lowest BCUT2D eigenvalue weighted by molar-refractivity contribution is -0.757. The van der Waals surface area contributed by atoms with E-state index < -0.39 is 0 Å². The van der Waals surface area contributed by atoms with Gasteiger partial charge in [-0.3, -0.25) is 0 Å². The lowest BCUT2D eigenvalue weighted by Gasteiger charge is -2.22. The van der Waals surface area contributed by atoms with E-state index in [0.717, 1.165) is 5.69 Å². The minimum atomic E-state index is 0.0570. The minimum absolute atomic E-state index is 0.0570. The van der Waals surface area contributed by atoms with E-state index in [-0.39, 0.29) is 6.04 Å². The number of fused-ring (bicyclic) bond motifs is 14. The summed E-state index contributed by atoms with van der Waals surface area (Å²) in [6.07, 6.45) is 0. The van der Waals surface area contributed by atoms with Crippen LogP contribution in [0.2, 0.25) is 0 Å². The predicted molar refractivity (Wildman–Crippen MR) is 231 cm³/mol. The number of nitrogens with zero attached hydrogens (tertiary/aromatic N) is 3. The summed E-state index contributed by atoms with van der Waals surface area (Å²) in [6.45, 7) is 0. The summed E-state index contributed by atoms with van der Waals surface area (Å²) in [4.78, 5) is 2.66. The monoisotopic (exact) mass is 730 g/mol. The van der Waals surface area contributed by atoms with Crippen LogP contribution in [-0.4, -0.2) is 9.25 Å². The summed E-state index contributed by atoms with van der Waals surface area (Å²) in [5, 5.41) is 9.01. The van der Waals surface area contributed by atoms with Crippen LogP contribution in [0.25, 0.3) is 88.0 Å². The molecule has 0 saturated carbocycles. The number of benzene rings is 9. The van der Waals surface area contributed by atoms with Gasteiger partial charge in [0.2, 0.25) is 11.7 Å². The Kier molecular flexibility index (Phi) is 6.16. The van der Waals surface area contributed by atoms with Crippen LogP contribution in [0.15, 0.2) is 198 Å². The fraction of sp³-hybridized carbons (Fsp3) is 0.0192. The van der Waals surface area contributed by atoms with Crippen LogP contribution in [0.1, 0.15) is 17.2 Å². The van der Waals surface area contributed by atoms with Gasteiger partial charge < -0.3 is 4.57 Å². The Labute approximate surface area is 327 Å². The molecular formula is C52H32N3S+. The molecular weight excluding hydrogens is 699 g/mol. The van der Waals surface area contributed by atoms with E-state index in [0.29, 0.717) is 0 Å². The van der Waals surface area contributed by atoms with Gasteiger partial charge in [0.25, 0.3) is 0 Å². The second kappa shape index (κ2) is 11.3. The summed E-state index contributed by atoms with van der Waals surface area (Å²) in [5.41, 5.74) is 13.8. The molecule has 1 atom stereocenters. The van der Waals surface area contributed by atoms with Crippen molar-refractivity contribution in [3.63, 3.8) is 0 Å². The average molecular weight is 731 g/mol. The van der Waals surface area contributed by atoms with E-state index in [2.05, 4.69) is 202 Å². The molecule has 2 aromatic heterocycles. The van der Waals surface area contributed by atoms with Crippen LogP contribution in [0.4, 0.5) is 0 Å². The lowest BCUT2D eigenvalue weighted by Crippen LogP contribution is -2.46. The van der Waals surface area contributed by atoms with E-state index in [1.54, 1.807) is 0 Å². The number of hydrogen-bond acceptors (Lipinski definition) is 1. The van der Waals surface area contributed by atoms with Gasteiger partial charge in [-0.25, -0.2) is 0 Å². The first-order valence-corrected chi connectivity index (χ1v) is 20.1. The molecule has 0 amide bonds. The molecule has 4 heteroatoms. The molecule has 260 valence electrons. The molecule has 0 spiro atoms. The van der Waals surface area contributed by atoms with Crippen molar-refractivity contribution in [1.82, 2.24) is 9.25 Å². The van der Waals surface area contributed by atoms with Crippen LogP contribution in [0.3, 0.4) is 0 Å². The highest BCUT2D eigenvalue weighted by molar-refractivity contribution is 7.99. The largest absolute Gasteiger partial charge is 0.309 e. The van der Waals surface area contributed by atoms with Gasteiger partial charge in [-0.1, -0.05) is 132 Å². The van der Waals surface area contributed by atoms with Crippen molar-refractivity contribution in [2.75, 3.05) is 0 Å². The molecule has 56 heavy (non-hydrogen) atoms. The zero-order valence-electron chi connectivity index (χ0n) is 30.2. The van der Waals surface area contributed by atoms with Crippen LogP contribution >= 0.6 is 11.8 Å². The number of aromatic nitrogens is 3. The molecule has 11 aromatic rings. The molecule has 0 radical (unpaired) electrons. The van der Waals surface area contributed by atoms with E-state index in [9.17, 15) is 0 Å². The maximum absolute atomic E-state index is 2.56. The summed E-state index contributed by atoms with van der Waals surface area (Å²) in [5.74, 6) is 0. The first-order chi connectivity index (χ1) is 27.8. The van der Waals surface area contributed by atoms with E-state index in [1.807, 2.05) is 11.8 Å². The second-order valence-corrected chi connectivity index (χ2v) is 16.2. The summed E-state index contributed by atoms with van der Waals surface area (Å²) in [6, 6.07) is 69.6. The molecule has 0 N–H and O–H groups in total. The van der Waals surface area contributed by atoms with Crippen molar-refractivity contribution in [3.05, 3.63) is 199 Å². The normalized spacial score (nSPS) is 14.2. The molecule has 0 fully saturated rings. The molecule has 3 nitrogen and oxygen atoms in total. The first kappa shape index (κ1) is 30.4. The van der Waals surface area contributed by atoms with E-state index in [4.69, 9.17) is 0 Å². The first-order valence-electron chi connectivity index (χ1n) is 19.3. The maximum atomic E-state index is 2.56. The topological polar surface area (TPSA) is 13.7 Å². The summed E-state index contributed by atoms with van der Waals surface area (Å²) in [7, 11) is 0. The van der Waals surface area contributed by atoms with Gasteiger partial charge in [0.05, 0.1) is 27.5 Å². The minimum Gasteiger partial charge on any atom is -0.309 e. The van der Waals surface area contributed by atoms with Gasteiger partial charge in [0, 0.05) is 31.8 Å². The van der Waals surface area contributed by atoms with Gasteiger partial charge in [0.1, 0.15) is 11.2 Å². The zero-order valence-corrected chi connectivity index (χ0v) is 31.0. The van der Waals surface area contributed by atoms with Crippen LogP contribution in [-0.2, 0) is 0 Å². The van der Waals surface area contributed by atoms with E-state index >= 15 is 0 Å². The quantitative estimate of drug-likeness (QED) is 0.165. The smallest absolute Gasteiger partial charge is 0.248 e. The van der Waals surface area contributed by atoms with Crippen molar-refractivity contribution >= 4 is 66.0 Å². The van der Waals surface area contributed by atoms with Crippen molar-refractivity contribution in [2.24, 2.45) is 0 Å². The molecule has 4 heterocycles. The SMILES string of the molecule is c1ccc(-n2c3ccccc3c3[n+]2C2c4cc(-c5ccc(-n6c7ccc8ccccc8c7c7c8ccccc8ccc76)cc5)ccc4Sc4cccc-3c42)cc1. The molecule has 2 aliphatic heterocycles. The predicted octanol–water partition coefficient (Wildman–Crippen LogP) is 13.1. The maximum Gasteiger partial charge on any atom is 0.248 e. The van der Waals surface area contributed by atoms with Crippen LogP contribution in [0, 0.1) is 0 Å². The third-order valence-electron chi connectivity index (χ3n) is 12.2. The third kappa shape index (κ3) is 4.06. The lowest BCUT2D eigenvalue weighted by atomic mass is 9.93. The average Bonchev–Trinajstić information content (AvgIpc) is 3.91. The second-order valence-electron chi connectivity index (χ2n) is 15.1. The Morgan fingerprint density at radius 2 is 1.09 bits per heavy atom. The Hall–Kier alpha value is -6.88. The third-order valence-corrected chi connectivity index (χ3v) is 13.4. The molecule has 0 bridgehead atoms. The van der Waals surface area contributed by atoms with Gasteiger partial charge in [0.15, 0.2) is 0 Å². The zero-order chi connectivity index (χ0) is 36.5. The van der Waals surface area contributed by atoms with Crippen LogP contribution in [0.5, 0.6) is 0 Å².